The highest BCUT2D eigenvalue weighted by Crippen LogP contribution is 2.23. The predicted octanol–water partition coefficient (Wildman–Crippen LogP) is 3.71. The largest absolute Gasteiger partial charge is 0.507 e. The van der Waals surface area contributed by atoms with E-state index in [9.17, 15) is 5.11 Å². The predicted molar refractivity (Wildman–Crippen MR) is 70.0 cm³/mol. The van der Waals surface area contributed by atoms with Crippen LogP contribution in [-0.2, 0) is 6.42 Å². The molecule has 0 unspecified atom stereocenters. The second-order valence-corrected chi connectivity index (χ2v) is 4.26. The van der Waals surface area contributed by atoms with E-state index in [-0.39, 0.29) is 5.75 Å². The molecule has 1 rings (SSSR count). The lowest BCUT2D eigenvalue weighted by Crippen LogP contribution is -1.91. The fourth-order valence-electron chi connectivity index (χ4n) is 1.90. The molecule has 0 spiro atoms. The summed E-state index contributed by atoms with van der Waals surface area (Å²) in [5, 5.41) is 21.3. The van der Waals surface area contributed by atoms with Gasteiger partial charge in [0.1, 0.15) is 5.75 Å². The van der Waals surface area contributed by atoms with E-state index >= 15 is 0 Å². The Morgan fingerprint density at radius 3 is 2.65 bits per heavy atom. The van der Waals surface area contributed by atoms with Gasteiger partial charge < -0.3 is 10.3 Å². The summed E-state index contributed by atoms with van der Waals surface area (Å²) in [5.74, 6) is 0.237. The summed E-state index contributed by atoms with van der Waals surface area (Å²) in [6.45, 7) is 2.20. The number of benzene rings is 1. The van der Waals surface area contributed by atoms with Gasteiger partial charge in [-0.1, -0.05) is 49.9 Å². The molecule has 0 amide bonds. The van der Waals surface area contributed by atoms with Crippen LogP contribution in [-0.4, -0.2) is 16.5 Å². The minimum Gasteiger partial charge on any atom is -0.507 e. The van der Waals surface area contributed by atoms with Crippen LogP contribution in [0.4, 0.5) is 0 Å². The third-order valence-electron chi connectivity index (χ3n) is 2.90. The van der Waals surface area contributed by atoms with Crippen molar-refractivity contribution in [2.45, 2.75) is 45.4 Å². The van der Waals surface area contributed by atoms with E-state index in [1.165, 1.54) is 31.9 Å². The Hall–Kier alpha value is -1.51. The second kappa shape index (κ2) is 7.71. The van der Waals surface area contributed by atoms with Crippen LogP contribution in [0.5, 0.6) is 5.75 Å². The van der Waals surface area contributed by atoms with Crippen LogP contribution >= 0.6 is 0 Å². The lowest BCUT2D eigenvalue weighted by atomic mass is 10.0. The highest BCUT2D eigenvalue weighted by atomic mass is 16.4. The number of oxime groups is 1. The van der Waals surface area contributed by atoms with Gasteiger partial charge in [-0.15, -0.1) is 0 Å². The molecule has 0 radical (unpaired) electrons. The summed E-state index contributed by atoms with van der Waals surface area (Å²) in [6, 6.07) is 5.53. The Bertz CT molecular complexity index is 361. The molecule has 0 aliphatic rings. The van der Waals surface area contributed by atoms with Gasteiger partial charge in [0.15, 0.2) is 0 Å². The van der Waals surface area contributed by atoms with E-state index in [4.69, 9.17) is 5.21 Å². The lowest BCUT2D eigenvalue weighted by molar-refractivity contribution is 0.321. The fourth-order valence-corrected chi connectivity index (χ4v) is 1.90. The number of phenolic OH excluding ortho intramolecular Hbond substituents is 1. The van der Waals surface area contributed by atoms with Crippen LogP contribution in [0, 0.1) is 0 Å². The average Bonchev–Trinajstić information content (AvgIpc) is 2.33. The molecule has 0 aliphatic carbocycles. The Morgan fingerprint density at radius 2 is 1.94 bits per heavy atom. The molecule has 17 heavy (non-hydrogen) atoms. The quantitative estimate of drug-likeness (QED) is 0.327. The molecule has 0 bridgehead atoms. The standard InChI is InChI=1S/C14H21NO2/c1-2-3-4-5-6-8-12-9-7-10-13(11-15-17)14(12)16/h7,9-11,16-17H,2-6,8H2,1H3/b15-11-. The van der Waals surface area contributed by atoms with E-state index in [1.54, 1.807) is 6.07 Å². The molecule has 0 aliphatic heterocycles. The van der Waals surface area contributed by atoms with Crippen molar-refractivity contribution in [2.75, 3.05) is 0 Å². The van der Waals surface area contributed by atoms with Gasteiger partial charge in [-0.3, -0.25) is 0 Å². The van der Waals surface area contributed by atoms with Crippen molar-refractivity contribution < 1.29 is 10.3 Å². The maximum Gasteiger partial charge on any atom is 0.127 e. The smallest absolute Gasteiger partial charge is 0.127 e. The van der Waals surface area contributed by atoms with Crippen LogP contribution < -0.4 is 0 Å². The van der Waals surface area contributed by atoms with Gasteiger partial charge >= 0.3 is 0 Å². The van der Waals surface area contributed by atoms with Crippen molar-refractivity contribution in [3.63, 3.8) is 0 Å². The second-order valence-electron chi connectivity index (χ2n) is 4.26. The Kier molecular flexibility index (Phi) is 6.15. The average molecular weight is 235 g/mol. The molecule has 3 heteroatoms. The van der Waals surface area contributed by atoms with E-state index in [1.807, 2.05) is 12.1 Å². The van der Waals surface area contributed by atoms with Crippen LogP contribution in [0.3, 0.4) is 0 Å². The highest BCUT2D eigenvalue weighted by molar-refractivity contribution is 5.83. The van der Waals surface area contributed by atoms with Crippen molar-refractivity contribution in [3.05, 3.63) is 29.3 Å². The van der Waals surface area contributed by atoms with Gasteiger partial charge in [0, 0.05) is 5.56 Å². The SMILES string of the molecule is CCCCCCCc1cccc(/C=N\O)c1O. The maximum absolute atomic E-state index is 9.92. The number of unbranched alkanes of at least 4 members (excludes halogenated alkanes) is 4. The molecule has 0 atom stereocenters. The van der Waals surface area contributed by atoms with Gasteiger partial charge in [0.2, 0.25) is 0 Å². The lowest BCUT2D eigenvalue weighted by Gasteiger charge is -2.06. The van der Waals surface area contributed by atoms with Crippen molar-refractivity contribution in [2.24, 2.45) is 5.16 Å². The zero-order valence-corrected chi connectivity index (χ0v) is 10.4. The molecular formula is C14H21NO2. The zero-order chi connectivity index (χ0) is 12.5. The number of hydrogen-bond donors (Lipinski definition) is 2. The van der Waals surface area contributed by atoms with Gasteiger partial charge in [-0.05, 0) is 24.5 Å². The van der Waals surface area contributed by atoms with Crippen molar-refractivity contribution in [1.82, 2.24) is 0 Å². The van der Waals surface area contributed by atoms with Crippen LogP contribution in [0.2, 0.25) is 0 Å². The minimum absolute atomic E-state index is 0.237. The van der Waals surface area contributed by atoms with E-state index in [0.717, 1.165) is 18.4 Å². The monoisotopic (exact) mass is 235 g/mol. The molecule has 1 aromatic carbocycles. The first-order valence-corrected chi connectivity index (χ1v) is 6.28. The summed E-state index contributed by atoms with van der Waals surface area (Å²) in [5.41, 5.74) is 1.50. The molecule has 0 fully saturated rings. The van der Waals surface area contributed by atoms with E-state index in [2.05, 4.69) is 12.1 Å². The highest BCUT2D eigenvalue weighted by Gasteiger charge is 2.04. The third kappa shape index (κ3) is 4.47. The van der Waals surface area contributed by atoms with Crippen molar-refractivity contribution >= 4 is 6.21 Å². The first-order valence-electron chi connectivity index (χ1n) is 6.28. The molecule has 2 N–H and O–H groups in total. The third-order valence-corrected chi connectivity index (χ3v) is 2.90. The first kappa shape index (κ1) is 13.6. The normalized spacial score (nSPS) is 11.1. The molecule has 0 saturated heterocycles. The van der Waals surface area contributed by atoms with Gasteiger partial charge in [-0.25, -0.2) is 0 Å². The van der Waals surface area contributed by atoms with Gasteiger partial charge in [-0.2, -0.15) is 0 Å². The van der Waals surface area contributed by atoms with E-state index < -0.39 is 0 Å². The van der Waals surface area contributed by atoms with Gasteiger partial charge in [0.25, 0.3) is 0 Å². The van der Waals surface area contributed by atoms with Crippen LogP contribution in [0.1, 0.15) is 50.2 Å². The summed E-state index contributed by atoms with van der Waals surface area (Å²) in [7, 11) is 0. The van der Waals surface area contributed by atoms with E-state index in [0.29, 0.717) is 5.56 Å². The molecule has 3 nitrogen and oxygen atoms in total. The summed E-state index contributed by atoms with van der Waals surface area (Å²) >= 11 is 0. The van der Waals surface area contributed by atoms with Crippen LogP contribution in [0.15, 0.2) is 23.4 Å². The number of nitrogens with zero attached hydrogens (tertiary/aromatic N) is 1. The van der Waals surface area contributed by atoms with Gasteiger partial charge in [0.05, 0.1) is 6.21 Å². The number of rotatable bonds is 7. The molecule has 0 heterocycles. The zero-order valence-electron chi connectivity index (χ0n) is 10.4. The Balaban J connectivity index is 2.50. The topological polar surface area (TPSA) is 52.8 Å². The number of hydrogen-bond acceptors (Lipinski definition) is 3. The fraction of sp³-hybridized carbons (Fsp3) is 0.500. The number of aryl methyl sites for hydroxylation is 1. The van der Waals surface area contributed by atoms with Crippen molar-refractivity contribution in [1.29, 1.82) is 0 Å². The molecule has 94 valence electrons. The molecule has 0 saturated carbocycles. The Morgan fingerprint density at radius 1 is 1.18 bits per heavy atom. The molecule has 1 aromatic rings. The number of para-hydroxylation sites is 1. The van der Waals surface area contributed by atoms with Crippen molar-refractivity contribution in [3.8, 4) is 5.75 Å². The number of aromatic hydroxyl groups is 1. The number of phenols is 1. The summed E-state index contributed by atoms with van der Waals surface area (Å²) < 4.78 is 0. The molecule has 0 aromatic heterocycles. The molecular weight excluding hydrogens is 214 g/mol. The maximum atomic E-state index is 9.92. The van der Waals surface area contributed by atoms with Crippen LogP contribution in [0.25, 0.3) is 0 Å². The minimum atomic E-state index is 0.237. The summed E-state index contributed by atoms with van der Waals surface area (Å²) in [4.78, 5) is 0. The summed E-state index contributed by atoms with van der Waals surface area (Å²) in [6.07, 6.45) is 8.21. The Labute approximate surface area is 103 Å². The first-order chi connectivity index (χ1) is 8.29.